The zero-order valence-electron chi connectivity index (χ0n) is 10.5. The first kappa shape index (κ1) is 14.4. The lowest BCUT2D eigenvalue weighted by molar-refractivity contribution is -0.137. The van der Waals surface area contributed by atoms with Crippen LogP contribution in [0.3, 0.4) is 0 Å². The van der Waals surface area contributed by atoms with Gasteiger partial charge in [0.15, 0.2) is 0 Å². The van der Waals surface area contributed by atoms with Crippen LogP contribution in [0.15, 0.2) is 0 Å². The molecular weight excluding hydrogens is 232 g/mol. The summed E-state index contributed by atoms with van der Waals surface area (Å²) in [4.78, 5) is 23.7. The lowest BCUT2D eigenvalue weighted by atomic mass is 10.2. The van der Waals surface area contributed by atoms with Gasteiger partial charge in [-0.1, -0.05) is 5.92 Å². The van der Waals surface area contributed by atoms with Gasteiger partial charge in [-0.05, 0) is 31.6 Å². The highest BCUT2D eigenvalue weighted by Gasteiger charge is 2.26. The van der Waals surface area contributed by atoms with Crippen LogP contribution in [0.25, 0.3) is 0 Å². The second-order valence-electron chi connectivity index (χ2n) is 4.61. The van der Waals surface area contributed by atoms with Crippen LogP contribution in [0, 0.1) is 18.3 Å². The maximum atomic E-state index is 11.8. The minimum Gasteiger partial charge on any atom is -0.481 e. The number of terminal acetylenes is 1. The fraction of sp³-hybridized carbons (Fsp3) is 0.692. The molecule has 0 saturated heterocycles. The molecule has 0 bridgehead atoms. The van der Waals surface area contributed by atoms with Crippen LogP contribution in [0.5, 0.6) is 0 Å². The lowest BCUT2D eigenvalue weighted by Gasteiger charge is -2.20. The summed E-state index contributed by atoms with van der Waals surface area (Å²) in [5, 5.41) is 11.2. The summed E-state index contributed by atoms with van der Waals surface area (Å²) < 4.78 is 0. The molecule has 0 aromatic heterocycles. The molecule has 5 nitrogen and oxygen atoms in total. The Morgan fingerprint density at radius 3 is 2.67 bits per heavy atom. The van der Waals surface area contributed by atoms with Crippen molar-refractivity contribution in [2.75, 3.05) is 19.6 Å². The molecule has 18 heavy (non-hydrogen) atoms. The van der Waals surface area contributed by atoms with Crippen LogP contribution in [-0.4, -0.2) is 41.6 Å². The Morgan fingerprint density at radius 1 is 1.39 bits per heavy atom. The van der Waals surface area contributed by atoms with E-state index in [0.717, 1.165) is 6.54 Å². The average Bonchev–Trinajstić information content (AvgIpc) is 3.11. The lowest BCUT2D eigenvalue weighted by Crippen LogP contribution is -2.41. The number of nitrogens with one attached hydrogen (secondary N) is 1. The van der Waals surface area contributed by atoms with E-state index in [0.29, 0.717) is 31.8 Å². The molecule has 0 aromatic rings. The van der Waals surface area contributed by atoms with E-state index in [-0.39, 0.29) is 12.5 Å². The van der Waals surface area contributed by atoms with Crippen LogP contribution < -0.4 is 5.32 Å². The molecule has 0 heterocycles. The first-order valence-electron chi connectivity index (χ1n) is 6.31. The fourth-order valence-corrected chi connectivity index (χ4v) is 1.65. The van der Waals surface area contributed by atoms with Crippen LogP contribution in [0.4, 0.5) is 4.79 Å². The summed E-state index contributed by atoms with van der Waals surface area (Å²) in [6.45, 7) is 1.56. The summed E-state index contributed by atoms with van der Waals surface area (Å²) in [7, 11) is 0. The number of amides is 2. The van der Waals surface area contributed by atoms with Gasteiger partial charge in [-0.3, -0.25) is 4.79 Å². The highest BCUT2D eigenvalue weighted by molar-refractivity contribution is 5.74. The predicted molar refractivity (Wildman–Crippen MR) is 68.0 cm³/mol. The highest BCUT2D eigenvalue weighted by Crippen LogP contribution is 2.29. The first-order valence-corrected chi connectivity index (χ1v) is 6.31. The Morgan fingerprint density at radius 2 is 2.11 bits per heavy atom. The van der Waals surface area contributed by atoms with Gasteiger partial charge in [0.25, 0.3) is 0 Å². The van der Waals surface area contributed by atoms with E-state index >= 15 is 0 Å². The standard InChI is InChI=1S/C13H20N2O3/c1-2-9-15(10-11-6-7-11)13(18)14-8-4-3-5-12(16)17/h1,11H,3-10H2,(H,14,18)(H,16,17). The molecule has 0 atom stereocenters. The minimum atomic E-state index is -0.802. The molecule has 2 N–H and O–H groups in total. The molecule has 1 rings (SSSR count). The highest BCUT2D eigenvalue weighted by atomic mass is 16.4. The van der Waals surface area contributed by atoms with E-state index in [9.17, 15) is 9.59 Å². The largest absolute Gasteiger partial charge is 0.481 e. The molecule has 5 heteroatoms. The molecule has 0 aliphatic heterocycles. The van der Waals surface area contributed by atoms with Gasteiger partial charge in [-0.15, -0.1) is 6.42 Å². The molecule has 1 fully saturated rings. The number of hydrogen-bond acceptors (Lipinski definition) is 2. The zero-order valence-corrected chi connectivity index (χ0v) is 10.5. The normalized spacial score (nSPS) is 13.7. The Hall–Kier alpha value is -1.70. The number of aliphatic carboxylic acids is 1. The van der Waals surface area contributed by atoms with E-state index in [2.05, 4.69) is 11.2 Å². The molecule has 0 spiro atoms. The van der Waals surface area contributed by atoms with E-state index in [4.69, 9.17) is 11.5 Å². The third-order valence-corrected chi connectivity index (χ3v) is 2.84. The van der Waals surface area contributed by atoms with Crippen molar-refractivity contribution in [3.05, 3.63) is 0 Å². The van der Waals surface area contributed by atoms with Crippen molar-refractivity contribution in [1.29, 1.82) is 0 Å². The van der Waals surface area contributed by atoms with Crippen LogP contribution >= 0.6 is 0 Å². The number of nitrogens with zero attached hydrogens (tertiary/aromatic N) is 1. The van der Waals surface area contributed by atoms with Crippen molar-refractivity contribution in [3.63, 3.8) is 0 Å². The molecule has 0 aromatic carbocycles. The Kier molecular flexibility index (Phi) is 6.06. The second-order valence-corrected chi connectivity index (χ2v) is 4.61. The summed E-state index contributed by atoms with van der Waals surface area (Å²) >= 11 is 0. The second kappa shape index (κ2) is 7.59. The molecule has 1 aliphatic rings. The quantitative estimate of drug-likeness (QED) is 0.505. The predicted octanol–water partition coefficient (Wildman–Crippen LogP) is 1.30. The number of unbranched alkanes of at least 4 members (excludes halogenated alkanes) is 1. The Labute approximate surface area is 108 Å². The summed E-state index contributed by atoms with van der Waals surface area (Å²) in [5.41, 5.74) is 0. The number of rotatable bonds is 8. The number of carbonyl (C=O) groups is 2. The third-order valence-electron chi connectivity index (χ3n) is 2.84. The molecule has 0 radical (unpaired) electrons. The fourth-order valence-electron chi connectivity index (χ4n) is 1.65. The monoisotopic (exact) mass is 252 g/mol. The number of urea groups is 1. The number of hydrogen-bond donors (Lipinski definition) is 2. The van der Waals surface area contributed by atoms with Gasteiger partial charge in [-0.2, -0.15) is 0 Å². The van der Waals surface area contributed by atoms with Crippen LogP contribution in [0.1, 0.15) is 32.1 Å². The minimum absolute atomic E-state index is 0.143. The van der Waals surface area contributed by atoms with Gasteiger partial charge < -0.3 is 15.3 Å². The molecule has 1 saturated carbocycles. The smallest absolute Gasteiger partial charge is 0.318 e. The topological polar surface area (TPSA) is 69.6 Å². The van der Waals surface area contributed by atoms with Crippen molar-refractivity contribution >= 4 is 12.0 Å². The number of carbonyl (C=O) groups excluding carboxylic acids is 1. The Balaban J connectivity index is 2.15. The molecular formula is C13H20N2O3. The average molecular weight is 252 g/mol. The zero-order chi connectivity index (χ0) is 13.4. The van der Waals surface area contributed by atoms with Gasteiger partial charge >= 0.3 is 12.0 Å². The molecule has 0 unspecified atom stereocenters. The van der Waals surface area contributed by atoms with Gasteiger partial charge in [-0.25, -0.2) is 4.79 Å². The van der Waals surface area contributed by atoms with Crippen molar-refractivity contribution in [2.24, 2.45) is 5.92 Å². The molecule has 100 valence electrons. The third kappa shape index (κ3) is 6.14. The van der Waals surface area contributed by atoms with Gasteiger partial charge in [0, 0.05) is 19.5 Å². The SMILES string of the molecule is C#CCN(CC1CC1)C(=O)NCCCCC(=O)O. The van der Waals surface area contributed by atoms with E-state index in [1.165, 1.54) is 12.8 Å². The summed E-state index contributed by atoms with van der Waals surface area (Å²) in [5.74, 6) is 2.29. The van der Waals surface area contributed by atoms with E-state index in [1.54, 1.807) is 4.90 Å². The maximum absolute atomic E-state index is 11.8. The number of carboxylic acids is 1. The Bertz CT molecular complexity index is 332. The van der Waals surface area contributed by atoms with Gasteiger partial charge in [0.1, 0.15) is 0 Å². The van der Waals surface area contributed by atoms with E-state index in [1.807, 2.05) is 0 Å². The van der Waals surface area contributed by atoms with Crippen LogP contribution in [0.2, 0.25) is 0 Å². The van der Waals surface area contributed by atoms with Crippen molar-refractivity contribution < 1.29 is 14.7 Å². The summed E-state index contributed by atoms with van der Waals surface area (Å²) in [6.07, 6.45) is 8.98. The van der Waals surface area contributed by atoms with Crippen LogP contribution in [-0.2, 0) is 4.79 Å². The molecule has 2 amide bonds. The summed E-state index contributed by atoms with van der Waals surface area (Å²) in [6, 6.07) is -0.143. The van der Waals surface area contributed by atoms with Gasteiger partial charge in [0.05, 0.1) is 6.54 Å². The van der Waals surface area contributed by atoms with Crippen molar-refractivity contribution in [1.82, 2.24) is 10.2 Å². The van der Waals surface area contributed by atoms with E-state index < -0.39 is 5.97 Å². The van der Waals surface area contributed by atoms with Crippen molar-refractivity contribution in [3.8, 4) is 12.3 Å². The van der Waals surface area contributed by atoms with Gasteiger partial charge in [0.2, 0.25) is 0 Å². The van der Waals surface area contributed by atoms with Crippen molar-refractivity contribution in [2.45, 2.75) is 32.1 Å². The first-order chi connectivity index (χ1) is 8.63. The number of carboxylic acid groups (broad SMARTS) is 1. The maximum Gasteiger partial charge on any atom is 0.318 e. The molecule has 1 aliphatic carbocycles.